The largest absolute Gasteiger partial charge is 0.371 e. The molecule has 0 aromatic heterocycles. The number of rotatable bonds is 5. The van der Waals surface area contributed by atoms with E-state index in [-0.39, 0.29) is 11.9 Å². The Balaban J connectivity index is 1.25. The Kier molecular flexibility index (Phi) is 6.62. The molecule has 0 spiro atoms. The first-order valence-corrected chi connectivity index (χ1v) is 13.7. The van der Waals surface area contributed by atoms with E-state index < -0.39 is 10.0 Å². The number of nitrogens with zero attached hydrogens (tertiary/aromatic N) is 2. The minimum absolute atomic E-state index is 0.0531. The van der Waals surface area contributed by atoms with Crippen molar-refractivity contribution in [2.24, 2.45) is 0 Å². The highest BCUT2D eigenvalue weighted by Gasteiger charge is 2.28. The van der Waals surface area contributed by atoms with E-state index in [1.807, 2.05) is 54.3 Å². The van der Waals surface area contributed by atoms with E-state index in [1.165, 1.54) is 11.1 Å². The van der Waals surface area contributed by atoms with Crippen molar-refractivity contribution in [1.82, 2.24) is 9.62 Å². The van der Waals surface area contributed by atoms with Gasteiger partial charge in [-0.05, 0) is 61.6 Å². The number of hydrogen-bond acceptors (Lipinski definition) is 4. The van der Waals surface area contributed by atoms with Crippen LogP contribution in [0.25, 0.3) is 0 Å². The smallest absolute Gasteiger partial charge is 0.256 e. The van der Waals surface area contributed by atoms with Crippen LogP contribution in [-0.4, -0.2) is 44.9 Å². The van der Waals surface area contributed by atoms with Gasteiger partial charge in [-0.15, -0.1) is 0 Å². The number of anilines is 1. The minimum atomic E-state index is -3.55. The van der Waals surface area contributed by atoms with Crippen LogP contribution in [0.5, 0.6) is 0 Å². The molecule has 0 bridgehead atoms. The van der Waals surface area contributed by atoms with Crippen LogP contribution in [0.4, 0.5) is 5.69 Å². The second-order valence-corrected chi connectivity index (χ2v) is 11.2. The second kappa shape index (κ2) is 9.84. The van der Waals surface area contributed by atoms with Gasteiger partial charge in [-0.1, -0.05) is 54.1 Å². The summed E-state index contributed by atoms with van der Waals surface area (Å²) in [6.07, 6.45) is 2.24. The third-order valence-corrected chi connectivity index (χ3v) is 8.58. The molecule has 182 valence electrons. The highest BCUT2D eigenvalue weighted by Crippen LogP contribution is 2.28. The van der Waals surface area contributed by atoms with Gasteiger partial charge in [0.25, 0.3) is 5.91 Å². The zero-order valence-corrected chi connectivity index (χ0v) is 20.8. The molecule has 0 atom stereocenters. The molecule has 2 aliphatic heterocycles. The normalized spacial score (nSPS) is 16.7. The lowest BCUT2D eigenvalue weighted by Gasteiger charge is -2.36. The number of aryl methyl sites for hydroxylation is 1. The Labute approximate surface area is 207 Å². The molecular weight excluding hydrogens is 458 g/mol. The van der Waals surface area contributed by atoms with Crippen molar-refractivity contribution in [2.75, 3.05) is 24.5 Å². The van der Waals surface area contributed by atoms with Crippen LogP contribution in [-0.2, 0) is 23.0 Å². The minimum Gasteiger partial charge on any atom is -0.371 e. The molecule has 3 aromatic rings. The third-order valence-electron chi connectivity index (χ3n) is 7.04. The van der Waals surface area contributed by atoms with E-state index in [2.05, 4.69) is 27.8 Å². The molecular formula is C28H31N3O3S. The van der Waals surface area contributed by atoms with Crippen LogP contribution in [0.3, 0.4) is 0 Å². The number of amides is 1. The molecule has 3 aromatic carbocycles. The monoisotopic (exact) mass is 489 g/mol. The van der Waals surface area contributed by atoms with Crippen LogP contribution in [0, 0.1) is 6.92 Å². The summed E-state index contributed by atoms with van der Waals surface area (Å²) in [5.41, 5.74) is 5.20. The summed E-state index contributed by atoms with van der Waals surface area (Å²) >= 11 is 0. The number of hydrogen-bond donors (Lipinski definition) is 1. The van der Waals surface area contributed by atoms with Crippen molar-refractivity contribution < 1.29 is 13.2 Å². The lowest BCUT2D eigenvalue weighted by Crippen LogP contribution is -2.45. The molecule has 0 radical (unpaired) electrons. The lowest BCUT2D eigenvalue weighted by atomic mass is 9.98. The molecule has 1 N–H and O–H groups in total. The summed E-state index contributed by atoms with van der Waals surface area (Å²) in [7, 11) is -3.55. The zero-order chi connectivity index (χ0) is 24.4. The van der Waals surface area contributed by atoms with Crippen molar-refractivity contribution in [3.63, 3.8) is 0 Å². The fourth-order valence-electron chi connectivity index (χ4n) is 5.01. The molecule has 6 nitrogen and oxygen atoms in total. The van der Waals surface area contributed by atoms with Crippen molar-refractivity contribution in [2.45, 2.75) is 43.7 Å². The Bertz CT molecular complexity index is 1310. The SMILES string of the molecule is Cc1ccc(S(=O)(=O)NC2CCN(c3ccccc3C(=O)N3CCc4ccccc4C3)CC2)cc1. The number of piperidine rings is 1. The van der Waals surface area contributed by atoms with Gasteiger partial charge in [0.2, 0.25) is 10.0 Å². The first-order chi connectivity index (χ1) is 16.9. The summed E-state index contributed by atoms with van der Waals surface area (Å²) < 4.78 is 28.5. The first kappa shape index (κ1) is 23.6. The molecule has 2 aliphatic rings. The van der Waals surface area contributed by atoms with E-state index in [0.29, 0.717) is 49.5 Å². The van der Waals surface area contributed by atoms with Crippen molar-refractivity contribution in [3.05, 3.63) is 95.1 Å². The predicted octanol–water partition coefficient (Wildman–Crippen LogP) is 4.14. The van der Waals surface area contributed by atoms with Crippen LogP contribution < -0.4 is 9.62 Å². The van der Waals surface area contributed by atoms with Gasteiger partial charge in [-0.3, -0.25) is 4.79 Å². The Morgan fingerprint density at radius 2 is 1.51 bits per heavy atom. The molecule has 0 unspecified atom stereocenters. The average molecular weight is 490 g/mol. The molecule has 0 saturated carbocycles. The third kappa shape index (κ3) is 5.11. The maximum atomic E-state index is 13.5. The average Bonchev–Trinajstić information content (AvgIpc) is 2.88. The number of carbonyl (C=O) groups excluding carboxylic acids is 1. The first-order valence-electron chi connectivity index (χ1n) is 12.2. The van der Waals surface area contributed by atoms with E-state index in [9.17, 15) is 13.2 Å². The molecule has 5 rings (SSSR count). The van der Waals surface area contributed by atoms with Gasteiger partial charge in [-0.2, -0.15) is 0 Å². The molecule has 1 saturated heterocycles. The summed E-state index contributed by atoms with van der Waals surface area (Å²) in [5, 5.41) is 0. The quantitative estimate of drug-likeness (QED) is 0.585. The maximum Gasteiger partial charge on any atom is 0.256 e. The topological polar surface area (TPSA) is 69.7 Å². The maximum absolute atomic E-state index is 13.5. The summed E-state index contributed by atoms with van der Waals surface area (Å²) in [5.74, 6) is 0.0531. The van der Waals surface area contributed by atoms with Crippen molar-refractivity contribution in [3.8, 4) is 0 Å². The van der Waals surface area contributed by atoms with E-state index >= 15 is 0 Å². The van der Waals surface area contributed by atoms with Gasteiger partial charge in [0.1, 0.15) is 0 Å². The molecule has 0 aliphatic carbocycles. The number of fused-ring (bicyclic) bond motifs is 1. The van der Waals surface area contributed by atoms with Gasteiger partial charge in [0.15, 0.2) is 0 Å². The van der Waals surface area contributed by atoms with E-state index in [4.69, 9.17) is 0 Å². The van der Waals surface area contributed by atoms with Gasteiger partial charge in [0, 0.05) is 37.9 Å². The molecule has 2 heterocycles. The molecule has 1 amide bonds. The predicted molar refractivity (Wildman–Crippen MR) is 138 cm³/mol. The van der Waals surface area contributed by atoms with Gasteiger partial charge < -0.3 is 9.80 Å². The van der Waals surface area contributed by atoms with Crippen LogP contribution >= 0.6 is 0 Å². The Morgan fingerprint density at radius 1 is 0.857 bits per heavy atom. The summed E-state index contributed by atoms with van der Waals surface area (Å²) in [6.45, 7) is 4.66. The number of sulfonamides is 1. The summed E-state index contributed by atoms with van der Waals surface area (Å²) in [4.78, 5) is 18.0. The molecule has 35 heavy (non-hydrogen) atoms. The molecule has 7 heteroatoms. The summed E-state index contributed by atoms with van der Waals surface area (Å²) in [6, 6.07) is 22.9. The fraction of sp³-hybridized carbons (Fsp3) is 0.321. The van der Waals surface area contributed by atoms with Crippen molar-refractivity contribution >= 4 is 21.6 Å². The highest BCUT2D eigenvalue weighted by atomic mass is 32.2. The lowest BCUT2D eigenvalue weighted by molar-refractivity contribution is 0.0735. The van der Waals surface area contributed by atoms with Gasteiger partial charge in [0.05, 0.1) is 10.5 Å². The standard InChI is InChI=1S/C28H31N3O3S/c1-21-10-12-25(13-11-21)35(33,34)29-24-15-18-30(19-16-24)27-9-5-4-8-26(27)28(32)31-17-14-22-6-2-3-7-23(22)20-31/h2-13,24,29H,14-20H2,1H3. The Hall–Kier alpha value is -3.16. The number of para-hydroxylation sites is 1. The van der Waals surface area contributed by atoms with E-state index in [0.717, 1.165) is 17.7 Å². The second-order valence-electron chi connectivity index (χ2n) is 9.46. The van der Waals surface area contributed by atoms with Crippen LogP contribution in [0.2, 0.25) is 0 Å². The zero-order valence-electron chi connectivity index (χ0n) is 20.0. The number of carbonyl (C=O) groups is 1. The van der Waals surface area contributed by atoms with Crippen LogP contribution in [0.1, 0.15) is 39.9 Å². The number of benzene rings is 3. The van der Waals surface area contributed by atoms with Crippen molar-refractivity contribution in [1.29, 1.82) is 0 Å². The Morgan fingerprint density at radius 3 is 2.26 bits per heavy atom. The highest BCUT2D eigenvalue weighted by molar-refractivity contribution is 7.89. The van der Waals surface area contributed by atoms with E-state index in [1.54, 1.807) is 12.1 Å². The van der Waals surface area contributed by atoms with Crippen LogP contribution in [0.15, 0.2) is 77.7 Å². The fourth-order valence-corrected chi connectivity index (χ4v) is 6.32. The van der Waals surface area contributed by atoms with Gasteiger partial charge >= 0.3 is 0 Å². The van der Waals surface area contributed by atoms with Gasteiger partial charge in [-0.25, -0.2) is 13.1 Å². The molecule has 1 fully saturated rings. The number of nitrogens with one attached hydrogen (secondary N) is 1.